The molecule has 0 radical (unpaired) electrons. The molecular weight excluding hydrogens is 650 g/mol. The van der Waals surface area contributed by atoms with Gasteiger partial charge in [-0.25, -0.2) is 0 Å². The molecule has 0 N–H and O–H groups in total. The van der Waals surface area contributed by atoms with E-state index in [0.717, 1.165) is 57.6 Å². The van der Waals surface area contributed by atoms with E-state index in [2.05, 4.69) is 52.1 Å². The van der Waals surface area contributed by atoms with Crippen LogP contribution in [0, 0.1) is 11.8 Å². The third-order valence-corrected chi connectivity index (χ3v) is 9.37. The molecule has 0 amide bonds. The first-order chi connectivity index (χ1) is 24.6. The summed E-state index contributed by atoms with van der Waals surface area (Å²) in [6.07, 6.45) is 5.51. The highest BCUT2D eigenvalue weighted by Crippen LogP contribution is 2.29. The molecule has 2 atom stereocenters. The highest BCUT2D eigenvalue weighted by Gasteiger charge is 2.23. The molecule has 1 heterocycles. The van der Waals surface area contributed by atoms with Gasteiger partial charge in [0.2, 0.25) is 0 Å². The van der Waals surface area contributed by atoms with E-state index >= 15 is 0 Å². The first-order valence-electron chi connectivity index (χ1n) is 18.6. The van der Waals surface area contributed by atoms with Gasteiger partial charge in [-0.2, -0.15) is 0 Å². The third kappa shape index (κ3) is 12.0. The van der Waals surface area contributed by atoms with Crippen molar-refractivity contribution in [1.82, 2.24) is 4.57 Å². The molecule has 0 aliphatic carbocycles. The van der Waals surface area contributed by atoms with Crippen molar-refractivity contribution in [3.8, 4) is 11.5 Å². The van der Waals surface area contributed by atoms with Gasteiger partial charge in [0.15, 0.2) is 0 Å². The molecule has 52 heavy (non-hydrogen) atoms. The van der Waals surface area contributed by atoms with Crippen LogP contribution in [0.4, 0.5) is 0 Å². The van der Waals surface area contributed by atoms with E-state index in [4.69, 9.17) is 18.9 Å². The van der Waals surface area contributed by atoms with E-state index in [1.54, 1.807) is 17.7 Å². The Morgan fingerprint density at radius 1 is 0.981 bits per heavy atom. The fraction of sp³-hybridized carbons (Fsp3) is 0.467. The molecule has 0 spiro atoms. The maximum atomic E-state index is 13.4. The van der Waals surface area contributed by atoms with Gasteiger partial charge in [0, 0.05) is 17.8 Å². The van der Waals surface area contributed by atoms with E-state index in [1.165, 1.54) is 11.1 Å². The molecule has 0 bridgehead atoms. The predicted octanol–water partition coefficient (Wildman–Crippen LogP) is 8.10. The monoisotopic (exact) mass is 711 g/mol. The zero-order chi connectivity index (χ0) is 38.6. The van der Waals surface area contributed by atoms with Gasteiger partial charge in [-0.1, -0.05) is 57.7 Å². The number of carbonyl (C=O) groups excluding carboxylic acids is 1. The smallest absolute Gasteiger partial charge is 0.309 e. The maximum Gasteiger partial charge on any atom is 0.309 e. The van der Waals surface area contributed by atoms with Gasteiger partial charge in [-0.05, 0) is 137 Å². The van der Waals surface area contributed by atoms with E-state index < -0.39 is 5.60 Å². The number of benzene rings is 2. The summed E-state index contributed by atoms with van der Waals surface area (Å²) in [6, 6.07) is 15.9. The SMILES string of the molecule is C=C(C)/C(=C\C)OCCCOc1cc(Cn2c(=O)cc/c(=C(/C)C(C)Cc3ccc(OC)cc3)c2=C)cc(CC)c1CCC(C)C(=O)OC(C)(C)C. The number of nitrogens with zero attached hydrogens (tertiary/aromatic N) is 1. The summed E-state index contributed by atoms with van der Waals surface area (Å²) < 4.78 is 25.1. The van der Waals surface area contributed by atoms with Crippen molar-refractivity contribution in [2.75, 3.05) is 20.3 Å². The summed E-state index contributed by atoms with van der Waals surface area (Å²) in [5.41, 5.74) is 5.80. The second-order valence-electron chi connectivity index (χ2n) is 14.8. The average Bonchev–Trinajstić information content (AvgIpc) is 3.09. The Morgan fingerprint density at radius 3 is 2.27 bits per heavy atom. The van der Waals surface area contributed by atoms with E-state index in [-0.39, 0.29) is 23.4 Å². The van der Waals surface area contributed by atoms with Crippen LogP contribution in [0.5, 0.6) is 11.5 Å². The molecule has 3 rings (SSSR count). The number of methoxy groups -OCH3 is 1. The van der Waals surface area contributed by atoms with Crippen LogP contribution in [0.25, 0.3) is 12.2 Å². The molecule has 0 aliphatic rings. The summed E-state index contributed by atoms with van der Waals surface area (Å²) in [5.74, 6) is 2.15. The summed E-state index contributed by atoms with van der Waals surface area (Å²) in [5, 5.41) is 1.67. The number of hydrogen-bond acceptors (Lipinski definition) is 6. The Balaban J connectivity index is 1.95. The first-order valence-corrected chi connectivity index (χ1v) is 18.6. The number of pyridine rings is 1. The number of allylic oxidation sites excluding steroid dienone is 2. The molecule has 0 fully saturated rings. The van der Waals surface area contributed by atoms with Crippen LogP contribution in [0.15, 0.2) is 77.3 Å². The van der Waals surface area contributed by atoms with Crippen LogP contribution in [-0.4, -0.2) is 36.5 Å². The van der Waals surface area contributed by atoms with Crippen LogP contribution in [0.1, 0.15) is 97.4 Å². The van der Waals surface area contributed by atoms with Crippen molar-refractivity contribution < 1.29 is 23.7 Å². The van der Waals surface area contributed by atoms with Gasteiger partial charge >= 0.3 is 5.97 Å². The van der Waals surface area contributed by atoms with Gasteiger partial charge in [0.05, 0.1) is 32.8 Å². The number of esters is 1. The van der Waals surface area contributed by atoms with Gasteiger partial charge in [0.25, 0.3) is 5.56 Å². The van der Waals surface area contributed by atoms with Crippen LogP contribution in [-0.2, 0) is 40.1 Å². The Morgan fingerprint density at radius 2 is 1.67 bits per heavy atom. The number of aromatic nitrogens is 1. The molecule has 2 aromatic carbocycles. The highest BCUT2D eigenvalue weighted by atomic mass is 16.6. The van der Waals surface area contributed by atoms with Gasteiger partial charge in [-0.15, -0.1) is 0 Å². The summed E-state index contributed by atoms with van der Waals surface area (Å²) in [4.78, 5) is 26.2. The Kier molecular flexibility index (Phi) is 15.6. The lowest BCUT2D eigenvalue weighted by Gasteiger charge is -2.23. The lowest BCUT2D eigenvalue weighted by atomic mass is 9.93. The van der Waals surface area contributed by atoms with Crippen molar-refractivity contribution in [1.29, 1.82) is 0 Å². The molecular formula is C45H61NO6. The largest absolute Gasteiger partial charge is 0.497 e. The molecule has 2 unspecified atom stereocenters. The van der Waals surface area contributed by atoms with Crippen molar-refractivity contribution in [3.63, 3.8) is 0 Å². The summed E-state index contributed by atoms with van der Waals surface area (Å²) >= 11 is 0. The van der Waals surface area contributed by atoms with Gasteiger partial charge < -0.3 is 23.5 Å². The average molecular weight is 712 g/mol. The number of aryl methyl sites for hydroxylation is 1. The van der Waals surface area contributed by atoms with E-state index in [9.17, 15) is 9.59 Å². The molecule has 0 aliphatic heterocycles. The zero-order valence-electron chi connectivity index (χ0n) is 33.3. The Hall–Kier alpha value is -4.52. The summed E-state index contributed by atoms with van der Waals surface area (Å²) in [6.45, 7) is 27.6. The maximum absolute atomic E-state index is 13.4. The molecule has 3 aromatic rings. The number of hydrogen-bond donors (Lipinski definition) is 0. The lowest BCUT2D eigenvalue weighted by Crippen LogP contribution is -2.43. The topological polar surface area (TPSA) is 76.0 Å². The quantitative estimate of drug-likeness (QED) is 0.0575. The third-order valence-electron chi connectivity index (χ3n) is 9.37. The van der Waals surface area contributed by atoms with Crippen LogP contribution >= 0.6 is 0 Å². The van der Waals surface area contributed by atoms with E-state index in [1.807, 2.05) is 71.9 Å². The lowest BCUT2D eigenvalue weighted by molar-refractivity contribution is -0.159. The van der Waals surface area contributed by atoms with Crippen molar-refractivity contribution in [2.24, 2.45) is 11.8 Å². The molecule has 1 aromatic heterocycles. The normalized spacial score (nSPS) is 13.6. The van der Waals surface area contributed by atoms with Crippen molar-refractivity contribution in [2.45, 2.75) is 107 Å². The Labute approximate surface area is 311 Å². The Bertz CT molecular complexity index is 1880. The second-order valence-corrected chi connectivity index (χ2v) is 14.8. The van der Waals surface area contributed by atoms with Gasteiger partial charge in [-0.3, -0.25) is 9.59 Å². The van der Waals surface area contributed by atoms with E-state index in [0.29, 0.717) is 44.4 Å². The standard InChI is InChI=1S/C45H61NO6/c1-13-37-27-36(29-46-34(8)39(22-23-43(46)47)33(7)32(6)26-35-17-19-38(49-12)20-18-35)28-42(51-25-15-24-50-41(14-2)30(3)4)40(37)21-16-31(5)44(48)52-45(9,10)11/h14,17-20,22-23,27-28,31-32H,3,8,13,15-16,21,24-26,29H2,1-2,4-7,9-12H3/b39-33+,41-14+. The number of carbonyl (C=O) groups is 1. The molecule has 7 heteroatoms. The molecule has 0 saturated carbocycles. The van der Waals surface area contributed by atoms with Crippen molar-refractivity contribution in [3.05, 3.63) is 116 Å². The number of rotatable bonds is 18. The summed E-state index contributed by atoms with van der Waals surface area (Å²) in [7, 11) is 1.67. The van der Waals surface area contributed by atoms with Crippen LogP contribution < -0.4 is 25.6 Å². The van der Waals surface area contributed by atoms with Crippen LogP contribution in [0.2, 0.25) is 0 Å². The first kappa shape index (κ1) is 41.9. The molecule has 7 nitrogen and oxygen atoms in total. The molecule has 282 valence electrons. The minimum absolute atomic E-state index is 0.102. The highest BCUT2D eigenvalue weighted by molar-refractivity contribution is 5.72. The second kappa shape index (κ2) is 19.4. The van der Waals surface area contributed by atoms with Crippen molar-refractivity contribution >= 4 is 18.1 Å². The zero-order valence-corrected chi connectivity index (χ0v) is 33.3. The minimum atomic E-state index is -0.540. The number of ether oxygens (including phenoxy) is 4. The van der Waals surface area contributed by atoms with Crippen LogP contribution in [0.3, 0.4) is 0 Å². The molecule has 0 saturated heterocycles. The predicted molar refractivity (Wildman–Crippen MR) is 213 cm³/mol. The fourth-order valence-electron chi connectivity index (χ4n) is 6.21. The minimum Gasteiger partial charge on any atom is -0.497 e. The van der Waals surface area contributed by atoms with Gasteiger partial charge in [0.1, 0.15) is 22.9 Å². The fourth-order valence-corrected chi connectivity index (χ4v) is 6.21.